The van der Waals surface area contributed by atoms with Gasteiger partial charge >= 0.3 is 5.97 Å². The minimum absolute atomic E-state index is 0.0572. The highest BCUT2D eigenvalue weighted by Crippen LogP contribution is 2.40. The van der Waals surface area contributed by atoms with E-state index in [9.17, 15) is 9.90 Å². The van der Waals surface area contributed by atoms with Gasteiger partial charge in [0.2, 0.25) is 0 Å². The van der Waals surface area contributed by atoms with Gasteiger partial charge in [-0.3, -0.25) is 0 Å². The number of ether oxygens (including phenoxy) is 3. The van der Waals surface area contributed by atoms with Gasteiger partial charge in [0.25, 0.3) is 0 Å². The summed E-state index contributed by atoms with van der Waals surface area (Å²) in [6.07, 6.45) is 1.80. The average molecular weight is 488 g/mol. The number of benzene rings is 3. The van der Waals surface area contributed by atoms with Crippen LogP contribution in [0.3, 0.4) is 0 Å². The first kappa shape index (κ1) is 24.2. The van der Waals surface area contributed by atoms with Crippen molar-refractivity contribution in [2.75, 3.05) is 13.7 Å². The lowest BCUT2D eigenvalue weighted by Crippen LogP contribution is -2.12. The second-order valence-electron chi connectivity index (χ2n) is 7.51. The van der Waals surface area contributed by atoms with Crippen LogP contribution in [0.5, 0.6) is 11.5 Å². The fourth-order valence-corrected chi connectivity index (χ4v) is 4.35. The van der Waals surface area contributed by atoms with Gasteiger partial charge in [0.1, 0.15) is 34.5 Å². The van der Waals surface area contributed by atoms with Gasteiger partial charge in [-0.2, -0.15) is 0 Å². The third kappa shape index (κ3) is 6.13. The molecule has 0 bridgehead atoms. The number of carbonyl (C=O) groups is 1. The highest BCUT2D eigenvalue weighted by atomic mass is 32.2. The van der Waals surface area contributed by atoms with Crippen molar-refractivity contribution in [3.05, 3.63) is 106 Å². The zero-order valence-electron chi connectivity index (χ0n) is 19.4. The number of hydrogen-bond donors (Lipinski definition) is 1. The quantitative estimate of drug-likeness (QED) is 0.367. The van der Waals surface area contributed by atoms with Gasteiger partial charge in [-0.1, -0.05) is 54.2 Å². The van der Waals surface area contributed by atoms with Crippen LogP contribution >= 0.6 is 11.8 Å². The van der Waals surface area contributed by atoms with Crippen molar-refractivity contribution in [3.8, 4) is 11.5 Å². The molecule has 0 unspecified atom stereocenters. The summed E-state index contributed by atoms with van der Waals surface area (Å²) in [6, 6.07) is 24.6. The van der Waals surface area contributed by atoms with E-state index in [-0.39, 0.29) is 17.9 Å². The van der Waals surface area contributed by atoms with E-state index >= 15 is 0 Å². The van der Waals surface area contributed by atoms with Crippen LogP contribution in [0.2, 0.25) is 0 Å². The van der Waals surface area contributed by atoms with Crippen molar-refractivity contribution in [3.63, 3.8) is 0 Å². The number of thioether (sulfide) groups is 1. The first-order valence-corrected chi connectivity index (χ1v) is 11.9. The van der Waals surface area contributed by atoms with E-state index in [4.69, 9.17) is 14.2 Å². The number of hydrogen-bond acceptors (Lipinski definition) is 7. The molecule has 3 aromatic rings. The molecule has 4 rings (SSSR count). The Balaban J connectivity index is 1.55. The molecule has 0 saturated carbocycles. The normalized spacial score (nSPS) is 15.5. The van der Waals surface area contributed by atoms with E-state index in [0.29, 0.717) is 28.0 Å². The summed E-state index contributed by atoms with van der Waals surface area (Å²) in [5, 5.41) is 11.2. The smallest absolute Gasteiger partial charge is 0.344 e. The number of methoxy groups -OCH3 is 1. The molecule has 1 heterocycles. The Kier molecular flexibility index (Phi) is 7.90. The molecule has 7 heteroatoms. The Morgan fingerprint density at radius 1 is 0.971 bits per heavy atom. The van der Waals surface area contributed by atoms with Crippen LogP contribution in [0.4, 0.5) is 5.69 Å². The van der Waals surface area contributed by atoms with Crippen molar-refractivity contribution in [1.82, 2.24) is 0 Å². The Labute approximate surface area is 208 Å². The SMILES string of the molecule is CCOC(=O)C1=C(O)C(=Cc2ccc(OCc3ccccc3)cc2)SC1=Nc1ccc(OC)cc1. The largest absolute Gasteiger partial charge is 0.506 e. The monoisotopic (exact) mass is 487 g/mol. The molecule has 1 N–H and O–H groups in total. The molecule has 0 aliphatic carbocycles. The zero-order chi connectivity index (χ0) is 24.6. The van der Waals surface area contributed by atoms with Crippen LogP contribution in [-0.2, 0) is 16.1 Å². The molecule has 178 valence electrons. The molecule has 1 aliphatic rings. The third-order valence-corrected chi connectivity index (χ3v) is 6.12. The second kappa shape index (κ2) is 11.4. The summed E-state index contributed by atoms with van der Waals surface area (Å²) in [5.74, 6) is 0.681. The predicted molar refractivity (Wildman–Crippen MR) is 139 cm³/mol. The van der Waals surface area contributed by atoms with Crippen LogP contribution < -0.4 is 9.47 Å². The first-order chi connectivity index (χ1) is 17.1. The number of nitrogens with zero attached hydrogens (tertiary/aromatic N) is 1. The van der Waals surface area contributed by atoms with E-state index in [1.165, 1.54) is 11.8 Å². The molecule has 0 radical (unpaired) electrons. The molecular weight excluding hydrogens is 462 g/mol. The predicted octanol–water partition coefficient (Wildman–Crippen LogP) is 6.47. The molecule has 35 heavy (non-hydrogen) atoms. The molecule has 6 nitrogen and oxygen atoms in total. The fraction of sp³-hybridized carbons (Fsp3) is 0.143. The highest BCUT2D eigenvalue weighted by molar-refractivity contribution is 8.18. The van der Waals surface area contributed by atoms with Gasteiger partial charge in [0, 0.05) is 0 Å². The van der Waals surface area contributed by atoms with Crippen molar-refractivity contribution in [2.45, 2.75) is 13.5 Å². The zero-order valence-corrected chi connectivity index (χ0v) is 20.2. The molecule has 0 aromatic heterocycles. The van der Waals surface area contributed by atoms with Gasteiger partial charge in [-0.25, -0.2) is 9.79 Å². The van der Waals surface area contributed by atoms with Crippen LogP contribution in [0.15, 0.2) is 100 Å². The van der Waals surface area contributed by atoms with Gasteiger partial charge in [-0.05, 0) is 60.5 Å². The number of aliphatic imine (C=N–C) groups is 1. The number of aliphatic hydroxyl groups is 1. The van der Waals surface area contributed by atoms with Crippen molar-refractivity contribution >= 4 is 34.5 Å². The number of rotatable bonds is 8. The summed E-state index contributed by atoms with van der Waals surface area (Å²) < 4.78 is 16.2. The Morgan fingerprint density at radius 2 is 1.66 bits per heavy atom. The molecule has 3 aromatic carbocycles. The summed E-state index contributed by atoms with van der Waals surface area (Å²) in [5.41, 5.74) is 2.62. The fourth-order valence-electron chi connectivity index (χ4n) is 3.32. The van der Waals surface area contributed by atoms with Gasteiger partial charge in [0.05, 0.1) is 24.3 Å². The maximum absolute atomic E-state index is 12.6. The first-order valence-electron chi connectivity index (χ1n) is 11.1. The van der Waals surface area contributed by atoms with Crippen molar-refractivity contribution < 1.29 is 24.1 Å². The highest BCUT2D eigenvalue weighted by Gasteiger charge is 2.33. The van der Waals surface area contributed by atoms with Crippen LogP contribution in [0.1, 0.15) is 18.1 Å². The van der Waals surface area contributed by atoms with E-state index in [2.05, 4.69) is 4.99 Å². The van der Waals surface area contributed by atoms with Gasteiger partial charge in [-0.15, -0.1) is 0 Å². The number of carbonyl (C=O) groups excluding carboxylic acids is 1. The Hall–Kier alpha value is -3.97. The summed E-state index contributed by atoms with van der Waals surface area (Å²) in [7, 11) is 1.59. The van der Waals surface area contributed by atoms with Crippen molar-refractivity contribution in [1.29, 1.82) is 0 Å². The van der Waals surface area contributed by atoms with Gasteiger partial charge < -0.3 is 19.3 Å². The minimum Gasteiger partial charge on any atom is -0.506 e. The number of aliphatic hydroxyl groups excluding tert-OH is 1. The second-order valence-corrected chi connectivity index (χ2v) is 8.54. The van der Waals surface area contributed by atoms with E-state index in [1.807, 2.05) is 54.6 Å². The topological polar surface area (TPSA) is 77.4 Å². The standard InChI is InChI=1S/C28H25NO5S/c1-3-33-28(31)25-26(30)24(35-27(25)29-21-11-15-22(32-2)16-12-21)17-19-9-13-23(14-10-19)34-18-20-7-5-4-6-8-20/h4-17,30H,3,18H2,1-2H3. The average Bonchev–Trinajstić information content (AvgIpc) is 3.19. The third-order valence-electron chi connectivity index (χ3n) is 5.10. The van der Waals surface area contributed by atoms with Crippen LogP contribution in [-0.4, -0.2) is 29.8 Å². The van der Waals surface area contributed by atoms with E-state index in [0.717, 1.165) is 16.9 Å². The van der Waals surface area contributed by atoms with E-state index < -0.39 is 5.97 Å². The molecule has 0 saturated heterocycles. The van der Waals surface area contributed by atoms with Crippen LogP contribution in [0, 0.1) is 0 Å². The summed E-state index contributed by atoms with van der Waals surface area (Å²) in [6.45, 7) is 2.39. The lowest BCUT2D eigenvalue weighted by atomic mass is 10.1. The molecule has 0 spiro atoms. The number of esters is 1. The minimum atomic E-state index is -0.613. The molecular formula is C28H25NO5S. The van der Waals surface area contributed by atoms with Gasteiger partial charge in [0.15, 0.2) is 0 Å². The summed E-state index contributed by atoms with van der Waals surface area (Å²) in [4.78, 5) is 17.7. The molecule has 0 fully saturated rings. The molecule has 0 atom stereocenters. The molecule has 1 aliphatic heterocycles. The van der Waals surface area contributed by atoms with E-state index in [1.54, 1.807) is 44.4 Å². The maximum Gasteiger partial charge on any atom is 0.344 e. The van der Waals surface area contributed by atoms with Crippen molar-refractivity contribution in [2.24, 2.45) is 4.99 Å². The molecule has 0 amide bonds. The maximum atomic E-state index is 12.6. The Morgan fingerprint density at radius 3 is 2.31 bits per heavy atom. The van der Waals surface area contributed by atoms with Crippen LogP contribution in [0.25, 0.3) is 6.08 Å². The Bertz CT molecular complexity index is 1260. The lowest BCUT2D eigenvalue weighted by molar-refractivity contribution is -0.138. The lowest BCUT2D eigenvalue weighted by Gasteiger charge is -2.06. The summed E-state index contributed by atoms with van der Waals surface area (Å²) >= 11 is 1.22.